The van der Waals surface area contributed by atoms with Gasteiger partial charge in [0.25, 0.3) is 0 Å². The van der Waals surface area contributed by atoms with Gasteiger partial charge in [0.05, 0.1) is 26.4 Å². The van der Waals surface area contributed by atoms with Gasteiger partial charge in [0, 0.05) is 25.7 Å². The molecule has 0 spiro atoms. The summed E-state index contributed by atoms with van der Waals surface area (Å²) < 4.78 is 68.6. The topological polar surface area (TPSA) is 237 Å². The second-order valence-corrected chi connectivity index (χ2v) is 32.9. The van der Waals surface area contributed by atoms with Crippen LogP contribution in [0.3, 0.4) is 0 Å². The highest BCUT2D eigenvalue weighted by molar-refractivity contribution is 7.47. The van der Waals surface area contributed by atoms with E-state index < -0.39 is 97.5 Å². The summed E-state index contributed by atoms with van der Waals surface area (Å²) in [5, 5.41) is 10.6. The third-order valence-electron chi connectivity index (χ3n) is 18.1. The van der Waals surface area contributed by atoms with Gasteiger partial charge in [-0.25, -0.2) is 9.13 Å². The van der Waals surface area contributed by atoms with E-state index in [0.29, 0.717) is 31.6 Å². The molecule has 97 heavy (non-hydrogen) atoms. The summed E-state index contributed by atoms with van der Waals surface area (Å²) in [7, 11) is -9.92. The largest absolute Gasteiger partial charge is 0.472 e. The highest BCUT2D eigenvalue weighted by Crippen LogP contribution is 2.45. The molecule has 5 atom stereocenters. The average Bonchev–Trinajstić information content (AvgIpc) is 1.14. The molecule has 0 fully saturated rings. The van der Waals surface area contributed by atoms with Crippen LogP contribution in [-0.2, 0) is 65.4 Å². The van der Waals surface area contributed by atoms with Crippen LogP contribution in [0, 0.1) is 23.7 Å². The van der Waals surface area contributed by atoms with Crippen molar-refractivity contribution in [2.45, 2.75) is 414 Å². The van der Waals surface area contributed by atoms with Crippen molar-refractivity contribution in [2.75, 3.05) is 39.6 Å². The predicted molar refractivity (Wildman–Crippen MR) is 395 cm³/mol. The molecule has 0 aliphatic carbocycles. The normalized spacial score (nSPS) is 14.1. The van der Waals surface area contributed by atoms with Crippen molar-refractivity contribution < 1.29 is 80.2 Å². The van der Waals surface area contributed by atoms with Crippen LogP contribution in [0.25, 0.3) is 0 Å². The molecular formula is C78H152O17P2. The first-order valence-corrected chi connectivity index (χ1v) is 43.2. The van der Waals surface area contributed by atoms with E-state index in [1.54, 1.807) is 0 Å². The van der Waals surface area contributed by atoms with Crippen molar-refractivity contribution in [1.82, 2.24) is 0 Å². The highest BCUT2D eigenvalue weighted by atomic mass is 31.2. The number of aliphatic hydroxyl groups excluding tert-OH is 1. The number of carbonyl (C=O) groups excluding carboxylic acids is 4. The van der Waals surface area contributed by atoms with Crippen LogP contribution >= 0.6 is 15.6 Å². The number of phosphoric acid groups is 2. The fourth-order valence-electron chi connectivity index (χ4n) is 11.9. The molecule has 0 radical (unpaired) electrons. The maximum absolute atomic E-state index is 13.1. The second kappa shape index (κ2) is 67.2. The van der Waals surface area contributed by atoms with Crippen molar-refractivity contribution in [3.05, 3.63) is 0 Å². The maximum Gasteiger partial charge on any atom is 0.472 e. The minimum absolute atomic E-state index is 0.106. The van der Waals surface area contributed by atoms with E-state index in [2.05, 4.69) is 55.4 Å². The Labute approximate surface area is 594 Å². The first-order chi connectivity index (χ1) is 46.6. The monoisotopic (exact) mass is 1420 g/mol. The summed E-state index contributed by atoms with van der Waals surface area (Å²) in [5.74, 6) is 0.932. The minimum atomic E-state index is -4.96. The number of hydrogen-bond donors (Lipinski definition) is 3. The number of hydrogen-bond acceptors (Lipinski definition) is 15. The lowest BCUT2D eigenvalue weighted by Crippen LogP contribution is -2.30. The molecule has 0 saturated carbocycles. The number of carbonyl (C=O) groups is 4. The molecule has 19 heteroatoms. The van der Waals surface area contributed by atoms with Crippen LogP contribution in [0.1, 0.15) is 396 Å². The number of ether oxygens (including phenoxy) is 4. The minimum Gasteiger partial charge on any atom is -0.462 e. The first-order valence-electron chi connectivity index (χ1n) is 40.2. The van der Waals surface area contributed by atoms with E-state index in [4.69, 9.17) is 37.0 Å². The van der Waals surface area contributed by atoms with Crippen LogP contribution in [0.5, 0.6) is 0 Å². The van der Waals surface area contributed by atoms with Crippen LogP contribution in [0.4, 0.5) is 0 Å². The molecule has 3 unspecified atom stereocenters. The van der Waals surface area contributed by atoms with Gasteiger partial charge in [0.15, 0.2) is 12.2 Å². The number of rotatable bonds is 75. The molecule has 0 amide bonds. The Kier molecular flexibility index (Phi) is 65.9. The van der Waals surface area contributed by atoms with Crippen molar-refractivity contribution in [2.24, 2.45) is 23.7 Å². The van der Waals surface area contributed by atoms with Crippen molar-refractivity contribution in [3.63, 3.8) is 0 Å². The number of phosphoric ester groups is 2. The summed E-state index contributed by atoms with van der Waals surface area (Å²) in [5.41, 5.74) is 0. The molecule has 0 aromatic heterocycles. The number of unbranched alkanes of at least 4 members (excludes halogenated alkanes) is 41. The molecule has 0 aromatic carbocycles. The molecule has 0 saturated heterocycles. The number of aliphatic hydroxyl groups is 1. The molecule has 0 heterocycles. The highest BCUT2D eigenvalue weighted by Gasteiger charge is 2.30. The zero-order chi connectivity index (χ0) is 71.7. The summed E-state index contributed by atoms with van der Waals surface area (Å²) >= 11 is 0. The van der Waals surface area contributed by atoms with Gasteiger partial charge >= 0.3 is 39.5 Å². The van der Waals surface area contributed by atoms with E-state index in [1.807, 2.05) is 0 Å². The summed E-state index contributed by atoms with van der Waals surface area (Å²) in [4.78, 5) is 72.9. The van der Waals surface area contributed by atoms with Crippen LogP contribution in [-0.4, -0.2) is 96.7 Å². The summed E-state index contributed by atoms with van der Waals surface area (Å²) in [6, 6.07) is 0. The second-order valence-electron chi connectivity index (χ2n) is 30.0. The Hall–Kier alpha value is -1.94. The van der Waals surface area contributed by atoms with Crippen molar-refractivity contribution >= 4 is 39.5 Å². The molecule has 0 bridgehead atoms. The molecule has 3 N–H and O–H groups in total. The van der Waals surface area contributed by atoms with Crippen LogP contribution in [0.15, 0.2) is 0 Å². The first kappa shape index (κ1) is 95.1. The summed E-state index contributed by atoms with van der Waals surface area (Å²) in [6.07, 6.45) is 52.8. The SMILES string of the molecule is CC(C)CCCCCCCCCCCCCCCCCC(=O)O[C@H](COC(=O)CCCCCCCCCC(C)C)COP(=O)(O)OCC(O)COP(=O)(O)OC[C@@H](COC(=O)CCCCCCCCCCCCCCCC(C)C)OC(=O)CCCCCCCCCCCCC(C)C. The van der Waals surface area contributed by atoms with Gasteiger partial charge in [0.1, 0.15) is 19.3 Å². The fraction of sp³-hybridized carbons (Fsp3) is 0.949. The number of esters is 4. The van der Waals surface area contributed by atoms with E-state index in [9.17, 15) is 43.2 Å². The van der Waals surface area contributed by atoms with E-state index in [0.717, 1.165) is 114 Å². The Morgan fingerprint density at radius 2 is 0.433 bits per heavy atom. The van der Waals surface area contributed by atoms with Gasteiger partial charge in [-0.1, -0.05) is 344 Å². The quantitative estimate of drug-likeness (QED) is 0.0222. The molecule has 17 nitrogen and oxygen atoms in total. The van der Waals surface area contributed by atoms with E-state index in [1.165, 1.54) is 193 Å². The lowest BCUT2D eigenvalue weighted by atomic mass is 10.0. The molecule has 0 rings (SSSR count). The molecule has 0 aliphatic rings. The van der Waals surface area contributed by atoms with Gasteiger partial charge in [0.2, 0.25) is 0 Å². The third-order valence-corrected chi connectivity index (χ3v) is 20.0. The van der Waals surface area contributed by atoms with Crippen molar-refractivity contribution in [1.29, 1.82) is 0 Å². The maximum atomic E-state index is 13.1. The molecular weight excluding hydrogens is 1270 g/mol. The Morgan fingerprint density at radius 1 is 0.258 bits per heavy atom. The van der Waals surface area contributed by atoms with Crippen LogP contribution < -0.4 is 0 Å². The van der Waals surface area contributed by atoms with Crippen molar-refractivity contribution in [3.8, 4) is 0 Å². The zero-order valence-electron chi connectivity index (χ0n) is 63.7. The Balaban J connectivity index is 5.23. The van der Waals surface area contributed by atoms with Crippen LogP contribution in [0.2, 0.25) is 0 Å². The smallest absolute Gasteiger partial charge is 0.462 e. The standard InChI is InChI=1S/C78H152O17P2/c1-68(2)54-46-38-30-23-17-13-10-9-11-15-20-27-35-44-52-60-77(82)95-74(65-89-76(81)59-51-43-37-29-33-41-49-57-71(7)8)67-93-97(86,87)91-63-72(79)62-90-96(84,85)92-66-73(94-78(83)61-53-45-36-28-22-21-25-32-40-48-56-70(5)6)64-88-75(80)58-50-42-34-26-19-16-12-14-18-24-31-39-47-55-69(3)4/h68-74,79H,9-67H2,1-8H3,(H,84,85)(H,86,87)/t72?,73-,74-/m1/s1. The van der Waals surface area contributed by atoms with E-state index in [-0.39, 0.29) is 25.7 Å². The summed E-state index contributed by atoms with van der Waals surface area (Å²) in [6.45, 7) is 14.2. The third kappa shape index (κ3) is 72.2. The lowest BCUT2D eigenvalue weighted by Gasteiger charge is -2.21. The molecule has 576 valence electrons. The lowest BCUT2D eigenvalue weighted by molar-refractivity contribution is -0.161. The molecule has 0 aliphatic heterocycles. The predicted octanol–water partition coefficient (Wildman–Crippen LogP) is 22.8. The zero-order valence-corrected chi connectivity index (χ0v) is 65.5. The Bertz CT molecular complexity index is 1900. The Morgan fingerprint density at radius 3 is 0.639 bits per heavy atom. The van der Waals surface area contributed by atoms with Gasteiger partial charge in [-0.15, -0.1) is 0 Å². The van der Waals surface area contributed by atoms with Gasteiger partial charge in [-0.2, -0.15) is 0 Å². The van der Waals surface area contributed by atoms with Gasteiger partial charge < -0.3 is 33.8 Å². The molecule has 0 aromatic rings. The van der Waals surface area contributed by atoms with Gasteiger partial charge in [-0.05, 0) is 49.4 Å². The average molecular weight is 1420 g/mol. The van der Waals surface area contributed by atoms with E-state index >= 15 is 0 Å². The van der Waals surface area contributed by atoms with Gasteiger partial charge in [-0.3, -0.25) is 37.3 Å². The fourth-order valence-corrected chi connectivity index (χ4v) is 13.5.